The van der Waals surface area contributed by atoms with E-state index in [4.69, 9.17) is 0 Å². The number of carbonyl (C=O) groups is 4. The van der Waals surface area contributed by atoms with Gasteiger partial charge in [0.25, 0.3) is 11.8 Å². The predicted molar refractivity (Wildman–Crippen MR) is 143 cm³/mol. The third kappa shape index (κ3) is 7.37. The van der Waals surface area contributed by atoms with Crippen LogP contribution < -0.4 is 10.9 Å². The fourth-order valence-corrected chi connectivity index (χ4v) is 4.92. The molecule has 3 N–H and O–H groups in total. The Morgan fingerprint density at radius 2 is 1.51 bits per heavy atom. The first kappa shape index (κ1) is 29.7. The van der Waals surface area contributed by atoms with E-state index >= 15 is 0 Å². The molecule has 0 unspecified atom stereocenters. The molecule has 2 aromatic carbocycles. The van der Waals surface area contributed by atoms with Gasteiger partial charge in [0.05, 0.1) is 29.2 Å². The van der Waals surface area contributed by atoms with Gasteiger partial charge in [-0.05, 0) is 36.5 Å². The van der Waals surface area contributed by atoms with Crippen molar-refractivity contribution < 1.29 is 32.8 Å². The summed E-state index contributed by atoms with van der Waals surface area (Å²) in [6, 6.07) is 15.4. The minimum atomic E-state index is -4.16. The number of benzene rings is 2. The van der Waals surface area contributed by atoms with E-state index in [0.29, 0.717) is 4.41 Å². The average molecular weight is 557 g/mol. The van der Waals surface area contributed by atoms with Crippen LogP contribution in [0.15, 0.2) is 60.7 Å². The molecule has 12 heteroatoms. The third-order valence-electron chi connectivity index (χ3n) is 6.28. The van der Waals surface area contributed by atoms with E-state index in [1.807, 2.05) is 44.2 Å². The Morgan fingerprint density at radius 1 is 0.949 bits per heavy atom. The quantitative estimate of drug-likeness (QED) is 0.206. The fourth-order valence-electron chi connectivity index (χ4n) is 4.34. The molecule has 4 amide bonds. The Kier molecular flexibility index (Phi) is 9.73. The van der Waals surface area contributed by atoms with Crippen molar-refractivity contribution in [2.45, 2.75) is 26.7 Å². The second kappa shape index (κ2) is 12.8. The number of hydroxylamine groups is 1. The van der Waals surface area contributed by atoms with Gasteiger partial charge in [0.15, 0.2) is 0 Å². The zero-order valence-corrected chi connectivity index (χ0v) is 22.7. The molecule has 0 spiro atoms. The average Bonchev–Trinajstić information content (AvgIpc) is 3.14. The number of imide groups is 1. The van der Waals surface area contributed by atoms with Gasteiger partial charge >= 0.3 is 0 Å². The third-order valence-corrected chi connectivity index (χ3v) is 7.29. The minimum Gasteiger partial charge on any atom is -0.289 e. The molecule has 2 aromatic rings. The van der Waals surface area contributed by atoms with Gasteiger partial charge < -0.3 is 0 Å². The van der Waals surface area contributed by atoms with Gasteiger partial charge in [0, 0.05) is 0 Å². The molecule has 0 saturated heterocycles. The van der Waals surface area contributed by atoms with Crippen molar-refractivity contribution in [3.63, 3.8) is 0 Å². The second-order valence-corrected chi connectivity index (χ2v) is 11.6. The maximum atomic E-state index is 13.5. The summed E-state index contributed by atoms with van der Waals surface area (Å²) in [7, 11) is -4.16. The van der Waals surface area contributed by atoms with E-state index in [1.165, 1.54) is 12.1 Å². The maximum Gasteiger partial charge on any atom is 0.262 e. The first-order valence-corrected chi connectivity index (χ1v) is 14.2. The SMILES string of the molecule is CC(C)C[C@@H](C(=O)NN(CN1C(=O)c2ccccc2C1=O)S(C)(=O)=O)[C@H](CC=Cc1ccccc1)C(=O)NO. The monoisotopic (exact) mass is 556 g/mol. The zero-order valence-electron chi connectivity index (χ0n) is 21.9. The number of nitrogens with zero attached hydrogens (tertiary/aromatic N) is 2. The number of hydrogen-bond acceptors (Lipinski definition) is 7. The van der Waals surface area contributed by atoms with E-state index in [-0.39, 0.29) is 29.9 Å². The molecule has 2 atom stereocenters. The van der Waals surface area contributed by atoms with E-state index < -0.39 is 52.2 Å². The topological polar surface area (TPSA) is 153 Å². The lowest BCUT2D eigenvalue weighted by molar-refractivity contribution is -0.142. The highest BCUT2D eigenvalue weighted by atomic mass is 32.2. The van der Waals surface area contributed by atoms with Crippen LogP contribution in [0, 0.1) is 17.8 Å². The Hall–Kier alpha value is -3.87. The lowest BCUT2D eigenvalue weighted by atomic mass is 9.82. The van der Waals surface area contributed by atoms with Gasteiger partial charge in [-0.3, -0.25) is 34.7 Å². The van der Waals surface area contributed by atoms with Crippen LogP contribution in [-0.2, 0) is 19.6 Å². The summed E-state index contributed by atoms with van der Waals surface area (Å²) in [5, 5.41) is 9.39. The van der Waals surface area contributed by atoms with Crippen LogP contribution in [0.3, 0.4) is 0 Å². The summed E-state index contributed by atoms with van der Waals surface area (Å²) in [4.78, 5) is 52.4. The molecule has 208 valence electrons. The number of sulfonamides is 1. The summed E-state index contributed by atoms with van der Waals surface area (Å²) in [5.41, 5.74) is 5.03. The number of rotatable bonds is 12. The highest BCUT2D eigenvalue weighted by Gasteiger charge is 2.40. The van der Waals surface area contributed by atoms with E-state index in [9.17, 15) is 32.8 Å². The molecule has 1 aliphatic heterocycles. The van der Waals surface area contributed by atoms with Crippen LogP contribution in [0.5, 0.6) is 0 Å². The van der Waals surface area contributed by atoms with E-state index in [2.05, 4.69) is 5.43 Å². The molecular formula is C27H32N4O7S. The largest absolute Gasteiger partial charge is 0.289 e. The van der Waals surface area contributed by atoms with Gasteiger partial charge in [-0.25, -0.2) is 13.9 Å². The van der Waals surface area contributed by atoms with Crippen molar-refractivity contribution in [1.82, 2.24) is 20.2 Å². The molecule has 0 aromatic heterocycles. The predicted octanol–water partition coefficient (Wildman–Crippen LogP) is 2.42. The number of nitrogens with one attached hydrogen (secondary N) is 2. The number of amides is 4. The number of hydrogen-bond donors (Lipinski definition) is 3. The van der Waals surface area contributed by atoms with Crippen LogP contribution >= 0.6 is 0 Å². The van der Waals surface area contributed by atoms with Crippen molar-refractivity contribution in [2.75, 3.05) is 12.9 Å². The molecule has 0 fully saturated rings. The van der Waals surface area contributed by atoms with Crippen molar-refractivity contribution in [3.05, 3.63) is 77.4 Å². The number of allylic oxidation sites excluding steroid dienone is 1. The van der Waals surface area contributed by atoms with Crippen LogP contribution in [0.25, 0.3) is 6.08 Å². The number of carbonyl (C=O) groups excluding carboxylic acids is 4. The Bertz CT molecular complexity index is 1320. The molecule has 11 nitrogen and oxygen atoms in total. The fraction of sp³-hybridized carbons (Fsp3) is 0.333. The molecule has 1 heterocycles. The smallest absolute Gasteiger partial charge is 0.262 e. The van der Waals surface area contributed by atoms with Crippen molar-refractivity contribution in [3.8, 4) is 0 Å². The number of fused-ring (bicyclic) bond motifs is 1. The van der Waals surface area contributed by atoms with Crippen LogP contribution in [0.1, 0.15) is 53.0 Å². The minimum absolute atomic E-state index is 0.0728. The highest BCUT2D eigenvalue weighted by molar-refractivity contribution is 7.88. The Balaban J connectivity index is 1.85. The van der Waals surface area contributed by atoms with Gasteiger partial charge in [-0.15, -0.1) is 0 Å². The Labute approximate surface area is 227 Å². The van der Waals surface area contributed by atoms with Crippen molar-refractivity contribution in [1.29, 1.82) is 0 Å². The molecule has 0 saturated carbocycles. The van der Waals surface area contributed by atoms with Crippen molar-refractivity contribution >= 4 is 39.7 Å². The van der Waals surface area contributed by atoms with E-state index in [1.54, 1.807) is 29.8 Å². The highest BCUT2D eigenvalue weighted by Crippen LogP contribution is 2.27. The standard InChI is InChI=1S/C27H32N4O7S/c1-18(2)16-23(20(25(33)29-36)15-9-12-19-10-5-4-6-11-19)24(32)28-31(39(3,37)38)17-30-26(34)21-13-7-8-14-22(21)27(30)35/h4-14,18,20,23,36H,15-17H2,1-3H3,(H,28,32)(H,29,33)/t20-,23+/m0/s1. The maximum absolute atomic E-state index is 13.5. The molecule has 0 radical (unpaired) electrons. The lowest BCUT2D eigenvalue weighted by Gasteiger charge is -2.30. The zero-order chi connectivity index (χ0) is 28.7. The van der Waals surface area contributed by atoms with Gasteiger partial charge in [-0.1, -0.05) is 72.9 Å². The summed E-state index contributed by atoms with van der Waals surface area (Å²) in [6.45, 7) is 2.92. The van der Waals surface area contributed by atoms with Gasteiger partial charge in [-0.2, -0.15) is 0 Å². The summed E-state index contributed by atoms with van der Waals surface area (Å²) in [5.74, 6) is -5.17. The van der Waals surface area contributed by atoms with Crippen LogP contribution in [0.2, 0.25) is 0 Å². The van der Waals surface area contributed by atoms with Gasteiger partial charge in [0.2, 0.25) is 21.8 Å². The molecule has 1 aliphatic rings. The summed E-state index contributed by atoms with van der Waals surface area (Å²) in [6.07, 6.45) is 4.55. The summed E-state index contributed by atoms with van der Waals surface area (Å²) >= 11 is 0. The van der Waals surface area contributed by atoms with E-state index in [0.717, 1.165) is 16.7 Å². The molecule has 0 bridgehead atoms. The normalized spacial score (nSPS) is 15.1. The first-order chi connectivity index (χ1) is 18.4. The Morgan fingerprint density at radius 3 is 2.03 bits per heavy atom. The molecule has 0 aliphatic carbocycles. The molecular weight excluding hydrogens is 524 g/mol. The van der Waals surface area contributed by atoms with Crippen LogP contribution in [-0.4, -0.2) is 59.5 Å². The first-order valence-electron chi connectivity index (χ1n) is 12.3. The molecule has 3 rings (SSSR count). The number of hydrazine groups is 1. The molecule has 39 heavy (non-hydrogen) atoms. The summed E-state index contributed by atoms with van der Waals surface area (Å²) < 4.78 is 25.7. The lowest BCUT2D eigenvalue weighted by Crippen LogP contribution is -2.55. The van der Waals surface area contributed by atoms with Crippen molar-refractivity contribution in [2.24, 2.45) is 17.8 Å². The van der Waals surface area contributed by atoms with Crippen LogP contribution in [0.4, 0.5) is 0 Å². The van der Waals surface area contributed by atoms with Gasteiger partial charge in [0.1, 0.15) is 6.67 Å². The second-order valence-electron chi connectivity index (χ2n) is 9.68.